The van der Waals surface area contributed by atoms with E-state index in [0.29, 0.717) is 25.1 Å². The van der Waals surface area contributed by atoms with Gasteiger partial charge in [-0.1, -0.05) is 30.3 Å². The number of fused-ring (bicyclic) bond motifs is 3. The monoisotopic (exact) mass is 494 g/mol. The zero-order chi connectivity index (χ0) is 25.4. The molecule has 186 valence electrons. The number of rotatable bonds is 6. The lowest BCUT2D eigenvalue weighted by Crippen LogP contribution is -2.36. The molecule has 0 fully saturated rings. The van der Waals surface area contributed by atoms with Gasteiger partial charge in [0.05, 0.1) is 12.5 Å². The molecule has 1 aliphatic rings. The van der Waals surface area contributed by atoms with Crippen molar-refractivity contribution >= 4 is 16.8 Å². The first-order valence-electron chi connectivity index (χ1n) is 11.5. The second-order valence-corrected chi connectivity index (χ2v) is 8.83. The summed E-state index contributed by atoms with van der Waals surface area (Å²) in [5.74, 6) is -1.68. The quantitative estimate of drug-likeness (QED) is 0.400. The number of carbonyl (C=O) groups is 1. The first kappa shape index (κ1) is 23.6. The SMILES string of the molecule is Cc1cc(=O)c(O)c([C@H](CC(=O)N2CCc3c([nH]c4ccccc34)C2)c2cccc(OC(F)F)c2)o1. The van der Waals surface area contributed by atoms with Crippen molar-refractivity contribution in [1.29, 1.82) is 0 Å². The summed E-state index contributed by atoms with van der Waals surface area (Å²) in [6.45, 7) is -0.585. The normalized spacial score (nSPS) is 14.2. The molecule has 0 bridgehead atoms. The molecule has 36 heavy (non-hydrogen) atoms. The first-order chi connectivity index (χ1) is 17.3. The van der Waals surface area contributed by atoms with Gasteiger partial charge in [0.15, 0.2) is 5.76 Å². The summed E-state index contributed by atoms with van der Waals surface area (Å²) in [5, 5.41) is 11.7. The van der Waals surface area contributed by atoms with Gasteiger partial charge in [-0.05, 0) is 42.7 Å². The van der Waals surface area contributed by atoms with Gasteiger partial charge < -0.3 is 24.1 Å². The number of alkyl halides is 2. The van der Waals surface area contributed by atoms with Crippen molar-refractivity contribution in [2.75, 3.05) is 6.54 Å². The van der Waals surface area contributed by atoms with Crippen LogP contribution in [0.25, 0.3) is 10.9 Å². The zero-order valence-corrected chi connectivity index (χ0v) is 19.5. The number of nitrogens with zero attached hydrogens (tertiary/aromatic N) is 1. The second-order valence-electron chi connectivity index (χ2n) is 8.83. The van der Waals surface area contributed by atoms with Gasteiger partial charge in [-0.2, -0.15) is 8.78 Å². The Balaban J connectivity index is 1.47. The van der Waals surface area contributed by atoms with Crippen LogP contribution in [0.2, 0.25) is 0 Å². The van der Waals surface area contributed by atoms with E-state index in [9.17, 15) is 23.5 Å². The van der Waals surface area contributed by atoms with Crippen LogP contribution in [0.5, 0.6) is 11.5 Å². The summed E-state index contributed by atoms with van der Waals surface area (Å²) in [5.41, 5.74) is 2.91. The van der Waals surface area contributed by atoms with Crippen LogP contribution in [-0.2, 0) is 17.8 Å². The fourth-order valence-corrected chi connectivity index (χ4v) is 4.84. The van der Waals surface area contributed by atoms with E-state index in [4.69, 9.17) is 4.42 Å². The summed E-state index contributed by atoms with van der Waals surface area (Å²) >= 11 is 0. The lowest BCUT2D eigenvalue weighted by atomic mass is 9.91. The molecule has 0 aliphatic carbocycles. The Morgan fingerprint density at radius 2 is 2.00 bits per heavy atom. The average Bonchev–Trinajstić information content (AvgIpc) is 3.22. The average molecular weight is 494 g/mol. The maximum Gasteiger partial charge on any atom is 0.387 e. The number of nitrogens with one attached hydrogen (secondary N) is 1. The lowest BCUT2D eigenvalue weighted by Gasteiger charge is -2.29. The number of para-hydroxylation sites is 1. The highest BCUT2D eigenvalue weighted by Crippen LogP contribution is 2.36. The molecule has 9 heteroatoms. The van der Waals surface area contributed by atoms with E-state index in [2.05, 4.69) is 15.8 Å². The number of H-pyrrole nitrogens is 1. The Morgan fingerprint density at radius 1 is 1.19 bits per heavy atom. The standard InChI is InChI=1S/C27H24F2N2O5/c1-15-11-23(32)25(34)26(35-15)20(16-5-4-6-17(12-16)36-27(28)29)13-24(33)31-10-9-19-18-7-2-3-8-21(18)30-22(19)14-31/h2-8,11-12,20,27,30,34H,9-10,13-14H2,1H3/t20-/m1/s1. The van der Waals surface area contributed by atoms with E-state index in [1.54, 1.807) is 17.9 Å². The Kier molecular flexibility index (Phi) is 6.22. The molecular formula is C27H24F2N2O5. The van der Waals surface area contributed by atoms with Gasteiger partial charge in [0, 0.05) is 35.6 Å². The highest BCUT2D eigenvalue weighted by Gasteiger charge is 2.30. The zero-order valence-electron chi connectivity index (χ0n) is 19.5. The number of halogens is 2. The molecule has 2 N–H and O–H groups in total. The van der Waals surface area contributed by atoms with Crippen molar-refractivity contribution in [2.45, 2.75) is 38.8 Å². The highest BCUT2D eigenvalue weighted by molar-refractivity contribution is 5.86. The molecule has 0 radical (unpaired) electrons. The topological polar surface area (TPSA) is 95.8 Å². The molecule has 0 saturated heterocycles. The van der Waals surface area contributed by atoms with Gasteiger partial charge in [-0.3, -0.25) is 9.59 Å². The number of hydrogen-bond donors (Lipinski definition) is 2. The fourth-order valence-electron chi connectivity index (χ4n) is 4.84. The first-order valence-corrected chi connectivity index (χ1v) is 11.5. The van der Waals surface area contributed by atoms with Gasteiger partial charge >= 0.3 is 6.61 Å². The van der Waals surface area contributed by atoms with Crippen LogP contribution in [0, 0.1) is 6.92 Å². The minimum absolute atomic E-state index is 0.0918. The number of hydrogen-bond acceptors (Lipinski definition) is 5. The molecule has 0 saturated carbocycles. The molecule has 1 atom stereocenters. The molecule has 1 aliphatic heterocycles. The van der Waals surface area contributed by atoms with Crippen molar-refractivity contribution in [2.24, 2.45) is 0 Å². The predicted molar refractivity (Wildman–Crippen MR) is 128 cm³/mol. The van der Waals surface area contributed by atoms with Gasteiger partial charge in [-0.15, -0.1) is 0 Å². The Hall–Kier alpha value is -4.14. The van der Waals surface area contributed by atoms with Crippen LogP contribution >= 0.6 is 0 Å². The highest BCUT2D eigenvalue weighted by atomic mass is 19.3. The number of aryl methyl sites for hydroxylation is 1. The summed E-state index contributed by atoms with van der Waals surface area (Å²) in [7, 11) is 0. The van der Waals surface area contributed by atoms with Crippen molar-refractivity contribution in [3.8, 4) is 11.5 Å². The number of aromatic hydroxyl groups is 1. The van der Waals surface area contributed by atoms with Crippen LogP contribution < -0.4 is 10.2 Å². The van der Waals surface area contributed by atoms with Crippen LogP contribution in [0.1, 0.15) is 40.7 Å². The molecule has 5 rings (SSSR count). The second kappa shape index (κ2) is 9.49. The van der Waals surface area contributed by atoms with E-state index in [-0.39, 0.29) is 29.6 Å². The summed E-state index contributed by atoms with van der Waals surface area (Å²) in [6, 6.07) is 15.0. The van der Waals surface area contributed by atoms with Crippen molar-refractivity contribution in [1.82, 2.24) is 9.88 Å². The summed E-state index contributed by atoms with van der Waals surface area (Å²) < 4.78 is 35.8. The Morgan fingerprint density at radius 3 is 2.81 bits per heavy atom. The smallest absolute Gasteiger partial charge is 0.387 e. The van der Waals surface area contributed by atoms with Crippen molar-refractivity contribution < 1.29 is 27.8 Å². The van der Waals surface area contributed by atoms with E-state index in [1.807, 2.05) is 18.2 Å². The molecule has 2 aromatic carbocycles. The number of carbonyl (C=O) groups excluding carboxylic acids is 1. The molecule has 3 heterocycles. The Bertz CT molecular complexity index is 1490. The van der Waals surface area contributed by atoms with Crippen LogP contribution in [0.4, 0.5) is 8.78 Å². The van der Waals surface area contributed by atoms with E-state index < -0.39 is 23.7 Å². The fraction of sp³-hybridized carbons (Fsp3) is 0.259. The number of aromatic amines is 1. The third kappa shape index (κ3) is 4.56. The molecule has 2 aromatic heterocycles. The van der Waals surface area contributed by atoms with Gasteiger partial charge in [-0.25, -0.2) is 0 Å². The minimum atomic E-state index is -3.02. The van der Waals surface area contributed by atoms with Crippen LogP contribution in [0.15, 0.2) is 63.8 Å². The molecule has 0 unspecified atom stereocenters. The van der Waals surface area contributed by atoms with Gasteiger partial charge in [0.1, 0.15) is 11.5 Å². The molecule has 7 nitrogen and oxygen atoms in total. The van der Waals surface area contributed by atoms with Crippen LogP contribution in [-0.4, -0.2) is 34.1 Å². The molecule has 0 spiro atoms. The van der Waals surface area contributed by atoms with E-state index >= 15 is 0 Å². The van der Waals surface area contributed by atoms with E-state index in [0.717, 1.165) is 22.7 Å². The minimum Gasteiger partial charge on any atom is -0.502 e. The third-order valence-corrected chi connectivity index (χ3v) is 6.49. The van der Waals surface area contributed by atoms with Gasteiger partial charge in [0.2, 0.25) is 17.1 Å². The molecular weight excluding hydrogens is 470 g/mol. The summed E-state index contributed by atoms with van der Waals surface area (Å²) in [6.07, 6.45) is 0.534. The maximum atomic E-state index is 13.5. The third-order valence-electron chi connectivity index (χ3n) is 6.49. The van der Waals surface area contributed by atoms with Gasteiger partial charge in [0.25, 0.3) is 0 Å². The largest absolute Gasteiger partial charge is 0.502 e. The number of amides is 1. The number of ether oxygens (including phenoxy) is 1. The van der Waals surface area contributed by atoms with Crippen molar-refractivity contribution in [3.63, 3.8) is 0 Å². The maximum absolute atomic E-state index is 13.5. The summed E-state index contributed by atoms with van der Waals surface area (Å²) in [4.78, 5) is 30.9. The van der Waals surface area contributed by atoms with E-state index in [1.165, 1.54) is 23.8 Å². The Labute approximate surface area is 204 Å². The van der Waals surface area contributed by atoms with Crippen molar-refractivity contribution in [3.05, 3.63) is 93.2 Å². The molecule has 1 amide bonds. The molecule has 4 aromatic rings. The van der Waals surface area contributed by atoms with Crippen LogP contribution in [0.3, 0.4) is 0 Å². The number of benzene rings is 2. The lowest BCUT2D eigenvalue weighted by molar-refractivity contribution is -0.132. The number of aromatic nitrogens is 1. The predicted octanol–water partition coefficient (Wildman–Crippen LogP) is 4.84.